The van der Waals surface area contributed by atoms with E-state index in [0.717, 1.165) is 11.1 Å². The predicted molar refractivity (Wildman–Crippen MR) is 72.6 cm³/mol. The van der Waals surface area contributed by atoms with Crippen molar-refractivity contribution in [1.82, 2.24) is 4.90 Å². The van der Waals surface area contributed by atoms with Crippen LogP contribution in [0.25, 0.3) is 0 Å². The highest BCUT2D eigenvalue weighted by Crippen LogP contribution is 2.37. The van der Waals surface area contributed by atoms with Crippen LogP contribution in [0.1, 0.15) is 29.9 Å². The van der Waals surface area contributed by atoms with E-state index in [9.17, 15) is 18.7 Å². The van der Waals surface area contributed by atoms with Crippen molar-refractivity contribution in [2.75, 3.05) is 13.1 Å². The monoisotopic (exact) mass is 296 g/mol. The quantitative estimate of drug-likeness (QED) is 0.871. The highest BCUT2D eigenvalue weighted by molar-refractivity contribution is 5.78. The van der Waals surface area contributed by atoms with Gasteiger partial charge in [0.2, 0.25) is 5.91 Å². The number of nitrogens with two attached hydrogens (primary N) is 1. The van der Waals surface area contributed by atoms with Gasteiger partial charge in [0.25, 0.3) is 0 Å². The van der Waals surface area contributed by atoms with Gasteiger partial charge in [0.15, 0.2) is 11.6 Å². The van der Waals surface area contributed by atoms with Crippen LogP contribution in [0, 0.1) is 11.6 Å². The van der Waals surface area contributed by atoms with Crippen molar-refractivity contribution in [2.24, 2.45) is 5.73 Å². The lowest BCUT2D eigenvalue weighted by atomic mass is 9.91. The van der Waals surface area contributed by atoms with Crippen molar-refractivity contribution in [2.45, 2.75) is 37.3 Å². The van der Waals surface area contributed by atoms with Crippen LogP contribution < -0.4 is 5.73 Å². The molecule has 0 saturated carbocycles. The standard InChI is InChI=1S/C15H18F2N2O2/c16-12-3-8-1-2-10(11(8)4-13(12)17)14(18)5-15(21)19-6-9(20)7-19/h3-4,9-10,14,20H,1-2,5-7,18H2/t10-,14-/m0/s1. The van der Waals surface area contributed by atoms with Gasteiger partial charge in [-0.05, 0) is 36.1 Å². The molecule has 2 atom stereocenters. The van der Waals surface area contributed by atoms with Gasteiger partial charge in [-0.3, -0.25) is 4.79 Å². The zero-order valence-electron chi connectivity index (χ0n) is 11.6. The lowest BCUT2D eigenvalue weighted by molar-refractivity contribution is -0.141. The minimum absolute atomic E-state index is 0.0937. The molecule has 0 bridgehead atoms. The normalized spacial score (nSPS) is 22.9. The maximum absolute atomic E-state index is 13.4. The number of carbonyl (C=O) groups excluding carboxylic acids is 1. The summed E-state index contributed by atoms with van der Waals surface area (Å²) in [6.07, 6.45) is 1.08. The first-order valence-electron chi connectivity index (χ1n) is 7.15. The minimum atomic E-state index is -0.870. The van der Waals surface area contributed by atoms with Gasteiger partial charge in [0.05, 0.1) is 6.10 Å². The fraction of sp³-hybridized carbons (Fsp3) is 0.533. The average molecular weight is 296 g/mol. The van der Waals surface area contributed by atoms with Gasteiger partial charge in [-0.25, -0.2) is 8.78 Å². The molecule has 4 nitrogen and oxygen atoms in total. The number of hydrogen-bond acceptors (Lipinski definition) is 3. The summed E-state index contributed by atoms with van der Waals surface area (Å²) < 4.78 is 26.6. The summed E-state index contributed by atoms with van der Waals surface area (Å²) in [5, 5.41) is 9.20. The third-order valence-electron chi connectivity index (χ3n) is 4.45. The Hall–Kier alpha value is -1.53. The molecule has 6 heteroatoms. The highest BCUT2D eigenvalue weighted by atomic mass is 19.2. The van der Waals surface area contributed by atoms with Crippen LogP contribution in [0.5, 0.6) is 0 Å². The number of rotatable bonds is 3. The third kappa shape index (κ3) is 2.65. The van der Waals surface area contributed by atoms with Crippen LogP contribution in [0.2, 0.25) is 0 Å². The summed E-state index contributed by atoms with van der Waals surface area (Å²) in [6, 6.07) is 2.02. The minimum Gasteiger partial charge on any atom is -0.389 e. The van der Waals surface area contributed by atoms with Crippen molar-refractivity contribution in [3.05, 3.63) is 34.9 Å². The Labute approximate surface area is 121 Å². The summed E-state index contributed by atoms with van der Waals surface area (Å²) in [5.74, 6) is -1.92. The van der Waals surface area contributed by atoms with Crippen molar-refractivity contribution in [1.29, 1.82) is 0 Å². The largest absolute Gasteiger partial charge is 0.389 e. The Morgan fingerprint density at radius 2 is 2.05 bits per heavy atom. The number of likely N-dealkylation sites (tertiary alicyclic amines) is 1. The van der Waals surface area contributed by atoms with Gasteiger partial charge in [-0.1, -0.05) is 0 Å². The smallest absolute Gasteiger partial charge is 0.224 e. The second-order valence-electron chi connectivity index (χ2n) is 5.93. The van der Waals surface area contributed by atoms with Crippen LogP contribution in [0.3, 0.4) is 0 Å². The fourth-order valence-electron chi connectivity index (χ4n) is 3.21. The molecular weight excluding hydrogens is 278 g/mol. The molecule has 0 unspecified atom stereocenters. The maximum Gasteiger partial charge on any atom is 0.224 e. The van der Waals surface area contributed by atoms with Gasteiger partial charge >= 0.3 is 0 Å². The van der Waals surface area contributed by atoms with Crippen LogP contribution in [0.4, 0.5) is 8.78 Å². The molecule has 0 radical (unpaired) electrons. The number of β-amino-alcohol motifs (C(OH)–C–C–N with tert-alkyl or cyclic N) is 1. The van der Waals surface area contributed by atoms with E-state index < -0.39 is 23.8 Å². The Morgan fingerprint density at radius 3 is 2.71 bits per heavy atom. The zero-order chi connectivity index (χ0) is 15.1. The molecule has 1 aromatic rings. The Kier molecular flexibility index (Phi) is 3.67. The number of aliphatic hydroxyl groups is 1. The molecule has 1 aliphatic carbocycles. The zero-order valence-corrected chi connectivity index (χ0v) is 11.6. The second kappa shape index (κ2) is 5.35. The molecule has 0 spiro atoms. The Bertz CT molecular complexity index is 573. The van der Waals surface area contributed by atoms with Gasteiger partial charge in [0.1, 0.15) is 0 Å². The van der Waals surface area contributed by atoms with Crippen LogP contribution >= 0.6 is 0 Å². The molecule has 21 heavy (non-hydrogen) atoms. The second-order valence-corrected chi connectivity index (χ2v) is 5.93. The third-order valence-corrected chi connectivity index (χ3v) is 4.45. The number of aryl methyl sites for hydroxylation is 1. The van der Waals surface area contributed by atoms with E-state index in [1.165, 1.54) is 12.1 Å². The molecule has 1 aliphatic heterocycles. The molecule has 1 aromatic carbocycles. The number of nitrogens with zero attached hydrogens (tertiary/aromatic N) is 1. The van der Waals surface area contributed by atoms with E-state index in [1.807, 2.05) is 0 Å². The molecule has 1 heterocycles. The Morgan fingerprint density at radius 1 is 1.38 bits per heavy atom. The summed E-state index contributed by atoms with van der Waals surface area (Å²) in [6.45, 7) is 0.708. The van der Waals surface area contributed by atoms with E-state index >= 15 is 0 Å². The van der Waals surface area contributed by atoms with Crippen molar-refractivity contribution < 1.29 is 18.7 Å². The van der Waals surface area contributed by atoms with Gasteiger partial charge < -0.3 is 15.7 Å². The Balaban J connectivity index is 1.69. The number of amides is 1. The van der Waals surface area contributed by atoms with Gasteiger partial charge in [-0.15, -0.1) is 0 Å². The molecule has 114 valence electrons. The van der Waals surface area contributed by atoms with Gasteiger partial charge in [-0.2, -0.15) is 0 Å². The van der Waals surface area contributed by atoms with E-state index in [2.05, 4.69) is 0 Å². The van der Waals surface area contributed by atoms with Crippen molar-refractivity contribution >= 4 is 5.91 Å². The molecule has 1 amide bonds. The van der Waals surface area contributed by atoms with Crippen LogP contribution in [0.15, 0.2) is 12.1 Å². The SMILES string of the molecule is N[C@@H](CC(=O)N1CC(O)C1)[C@H]1CCc2cc(F)c(F)cc21. The lowest BCUT2D eigenvalue weighted by Crippen LogP contribution is -2.54. The van der Waals surface area contributed by atoms with E-state index in [4.69, 9.17) is 5.73 Å². The molecule has 1 saturated heterocycles. The van der Waals surface area contributed by atoms with Crippen LogP contribution in [-0.4, -0.2) is 41.1 Å². The maximum atomic E-state index is 13.4. The highest BCUT2D eigenvalue weighted by Gasteiger charge is 2.34. The average Bonchev–Trinajstić information content (AvgIpc) is 2.78. The first-order chi connectivity index (χ1) is 9.95. The number of fused-ring (bicyclic) bond motifs is 1. The predicted octanol–water partition coefficient (Wildman–Crippen LogP) is 0.915. The van der Waals surface area contributed by atoms with E-state index in [-0.39, 0.29) is 18.2 Å². The molecule has 2 aliphatic rings. The molecule has 3 rings (SSSR count). The number of carbonyl (C=O) groups is 1. The first-order valence-corrected chi connectivity index (χ1v) is 7.15. The first kappa shape index (κ1) is 14.4. The molecule has 0 aromatic heterocycles. The summed E-state index contributed by atoms with van der Waals surface area (Å²) in [4.78, 5) is 13.5. The number of aliphatic hydroxyl groups excluding tert-OH is 1. The lowest BCUT2D eigenvalue weighted by Gasteiger charge is -2.37. The van der Waals surface area contributed by atoms with E-state index in [1.54, 1.807) is 4.90 Å². The van der Waals surface area contributed by atoms with Crippen molar-refractivity contribution in [3.63, 3.8) is 0 Å². The summed E-state index contributed by atoms with van der Waals surface area (Å²) in [5.41, 5.74) is 7.61. The van der Waals surface area contributed by atoms with Gasteiger partial charge in [0, 0.05) is 31.5 Å². The molecule has 3 N–H and O–H groups in total. The van der Waals surface area contributed by atoms with Crippen molar-refractivity contribution in [3.8, 4) is 0 Å². The fourth-order valence-corrected chi connectivity index (χ4v) is 3.21. The summed E-state index contributed by atoms with van der Waals surface area (Å²) in [7, 11) is 0. The van der Waals surface area contributed by atoms with Crippen LogP contribution in [-0.2, 0) is 11.2 Å². The molecule has 1 fully saturated rings. The van der Waals surface area contributed by atoms with E-state index in [0.29, 0.717) is 25.9 Å². The topological polar surface area (TPSA) is 66.6 Å². The number of halogens is 2. The summed E-state index contributed by atoms with van der Waals surface area (Å²) >= 11 is 0. The number of hydrogen-bond donors (Lipinski definition) is 2. The molecular formula is C15H18F2N2O2. The number of benzene rings is 1.